The van der Waals surface area contributed by atoms with E-state index < -0.39 is 0 Å². The molecular formula is C17H25NO. The predicted octanol–water partition coefficient (Wildman–Crippen LogP) is 3.40. The van der Waals surface area contributed by atoms with E-state index in [0.717, 1.165) is 30.0 Å². The van der Waals surface area contributed by atoms with Crippen LogP contribution in [-0.4, -0.2) is 19.2 Å². The molecule has 0 aliphatic heterocycles. The normalized spacial score (nSPS) is 30.5. The third kappa shape index (κ3) is 2.79. The quantitative estimate of drug-likeness (QED) is 0.875. The predicted molar refractivity (Wildman–Crippen MR) is 78.5 cm³/mol. The number of ether oxygens (including phenoxy) is 1. The summed E-state index contributed by atoms with van der Waals surface area (Å²) in [4.78, 5) is 0. The van der Waals surface area contributed by atoms with Crippen LogP contribution in [0.25, 0.3) is 0 Å². The largest absolute Gasteiger partial charge is 0.496 e. The minimum Gasteiger partial charge on any atom is -0.496 e. The van der Waals surface area contributed by atoms with Gasteiger partial charge in [0, 0.05) is 12.1 Å². The fourth-order valence-corrected chi connectivity index (χ4v) is 4.07. The zero-order valence-corrected chi connectivity index (χ0v) is 12.1. The molecule has 0 amide bonds. The number of fused-ring (bicyclic) bond motifs is 2. The van der Waals surface area contributed by atoms with Crippen LogP contribution in [0.4, 0.5) is 0 Å². The van der Waals surface area contributed by atoms with Crippen molar-refractivity contribution in [2.24, 2.45) is 11.8 Å². The van der Waals surface area contributed by atoms with Crippen LogP contribution >= 0.6 is 0 Å². The second-order valence-electron chi connectivity index (χ2n) is 6.37. The summed E-state index contributed by atoms with van der Waals surface area (Å²) < 4.78 is 5.44. The molecule has 4 atom stereocenters. The van der Waals surface area contributed by atoms with Gasteiger partial charge in [0.2, 0.25) is 0 Å². The number of hydrogen-bond acceptors (Lipinski definition) is 2. The molecule has 4 unspecified atom stereocenters. The van der Waals surface area contributed by atoms with E-state index in [1.165, 1.54) is 31.2 Å². The van der Waals surface area contributed by atoms with Crippen LogP contribution in [0.1, 0.15) is 38.2 Å². The molecule has 0 saturated heterocycles. The van der Waals surface area contributed by atoms with Crippen molar-refractivity contribution in [2.45, 2.75) is 51.1 Å². The number of rotatable bonds is 5. The monoisotopic (exact) mass is 259 g/mol. The Labute approximate surface area is 116 Å². The number of benzene rings is 1. The molecule has 0 spiro atoms. The van der Waals surface area contributed by atoms with E-state index in [9.17, 15) is 0 Å². The van der Waals surface area contributed by atoms with E-state index >= 15 is 0 Å². The molecule has 1 aromatic carbocycles. The Bertz CT molecular complexity index is 431. The van der Waals surface area contributed by atoms with Crippen molar-refractivity contribution in [3.05, 3.63) is 29.8 Å². The van der Waals surface area contributed by atoms with E-state index in [4.69, 9.17) is 4.74 Å². The molecule has 2 aliphatic rings. The van der Waals surface area contributed by atoms with Gasteiger partial charge >= 0.3 is 0 Å². The van der Waals surface area contributed by atoms with E-state index in [2.05, 4.69) is 30.4 Å². The van der Waals surface area contributed by atoms with Gasteiger partial charge in [0.1, 0.15) is 5.75 Å². The van der Waals surface area contributed by atoms with Crippen LogP contribution < -0.4 is 10.1 Å². The third-order valence-electron chi connectivity index (χ3n) is 4.96. The lowest BCUT2D eigenvalue weighted by atomic mass is 9.94. The summed E-state index contributed by atoms with van der Waals surface area (Å²) >= 11 is 0. The molecule has 1 N–H and O–H groups in total. The maximum absolute atomic E-state index is 5.44. The highest BCUT2D eigenvalue weighted by molar-refractivity contribution is 5.33. The lowest BCUT2D eigenvalue weighted by Gasteiger charge is -2.27. The van der Waals surface area contributed by atoms with E-state index in [0.29, 0.717) is 6.04 Å². The maximum atomic E-state index is 5.44. The molecule has 2 bridgehead atoms. The molecule has 2 nitrogen and oxygen atoms in total. The summed E-state index contributed by atoms with van der Waals surface area (Å²) in [6.45, 7) is 2.30. The maximum Gasteiger partial charge on any atom is 0.122 e. The van der Waals surface area contributed by atoms with Crippen LogP contribution in [-0.2, 0) is 6.42 Å². The van der Waals surface area contributed by atoms with Crippen LogP contribution in [0.2, 0.25) is 0 Å². The Morgan fingerprint density at radius 2 is 2.11 bits per heavy atom. The lowest BCUT2D eigenvalue weighted by molar-refractivity contribution is 0.322. The molecule has 1 aromatic rings. The number of hydrogen-bond donors (Lipinski definition) is 1. The van der Waals surface area contributed by atoms with Gasteiger partial charge in [-0.2, -0.15) is 0 Å². The van der Waals surface area contributed by atoms with Crippen molar-refractivity contribution in [3.8, 4) is 5.75 Å². The minimum absolute atomic E-state index is 0.528. The van der Waals surface area contributed by atoms with Crippen molar-refractivity contribution in [1.82, 2.24) is 5.32 Å². The molecule has 0 heterocycles. The molecule has 19 heavy (non-hydrogen) atoms. The van der Waals surface area contributed by atoms with Crippen molar-refractivity contribution in [2.75, 3.05) is 7.11 Å². The standard InChI is InChI=1S/C17H25NO/c1-12(9-15-5-3-4-6-17(15)19-2)18-16-11-13-7-8-14(16)10-13/h3-6,12-14,16,18H,7-11H2,1-2H3. The van der Waals surface area contributed by atoms with Crippen molar-refractivity contribution >= 4 is 0 Å². The zero-order chi connectivity index (χ0) is 13.2. The van der Waals surface area contributed by atoms with Crippen LogP contribution in [0, 0.1) is 11.8 Å². The molecule has 2 saturated carbocycles. The van der Waals surface area contributed by atoms with Crippen LogP contribution in [0.15, 0.2) is 24.3 Å². The Morgan fingerprint density at radius 3 is 2.79 bits per heavy atom. The summed E-state index contributed by atoms with van der Waals surface area (Å²) in [6, 6.07) is 9.67. The summed E-state index contributed by atoms with van der Waals surface area (Å²) in [5.74, 6) is 2.98. The average Bonchev–Trinajstić information content (AvgIpc) is 3.01. The zero-order valence-electron chi connectivity index (χ0n) is 12.1. The molecule has 2 aliphatic carbocycles. The topological polar surface area (TPSA) is 21.3 Å². The number of methoxy groups -OCH3 is 1. The fraction of sp³-hybridized carbons (Fsp3) is 0.647. The Hall–Kier alpha value is -1.02. The molecule has 104 valence electrons. The highest BCUT2D eigenvalue weighted by atomic mass is 16.5. The molecule has 3 rings (SSSR count). The van der Waals surface area contributed by atoms with E-state index in [1.807, 2.05) is 6.07 Å². The average molecular weight is 259 g/mol. The third-order valence-corrected chi connectivity index (χ3v) is 4.96. The highest BCUT2D eigenvalue weighted by Gasteiger charge is 2.39. The summed E-state index contributed by atoms with van der Waals surface area (Å²) in [5.41, 5.74) is 1.31. The lowest BCUT2D eigenvalue weighted by Crippen LogP contribution is -2.40. The number of nitrogens with one attached hydrogen (secondary N) is 1. The van der Waals surface area contributed by atoms with Crippen LogP contribution in [0.3, 0.4) is 0 Å². The van der Waals surface area contributed by atoms with Gasteiger partial charge in [-0.25, -0.2) is 0 Å². The summed E-state index contributed by atoms with van der Waals surface area (Å²) in [6.07, 6.45) is 6.85. The Kier molecular flexibility index (Phi) is 3.79. The fourth-order valence-electron chi connectivity index (χ4n) is 4.07. The summed E-state index contributed by atoms with van der Waals surface area (Å²) in [7, 11) is 1.76. The van der Waals surface area contributed by atoms with Crippen molar-refractivity contribution < 1.29 is 4.74 Å². The smallest absolute Gasteiger partial charge is 0.122 e. The number of para-hydroxylation sites is 1. The van der Waals surface area contributed by atoms with Gasteiger partial charge in [-0.15, -0.1) is 0 Å². The Morgan fingerprint density at radius 1 is 1.26 bits per heavy atom. The van der Waals surface area contributed by atoms with Gasteiger partial charge < -0.3 is 10.1 Å². The van der Waals surface area contributed by atoms with Gasteiger partial charge in [-0.1, -0.05) is 24.6 Å². The molecule has 2 heteroatoms. The Balaban J connectivity index is 1.57. The summed E-state index contributed by atoms with van der Waals surface area (Å²) in [5, 5.41) is 3.85. The molecule has 0 radical (unpaired) electrons. The van der Waals surface area contributed by atoms with Crippen molar-refractivity contribution in [3.63, 3.8) is 0 Å². The first-order chi connectivity index (χ1) is 9.26. The van der Waals surface area contributed by atoms with Gasteiger partial charge in [0.25, 0.3) is 0 Å². The van der Waals surface area contributed by atoms with E-state index in [1.54, 1.807) is 7.11 Å². The SMILES string of the molecule is COc1ccccc1CC(C)NC1CC2CCC1C2. The first-order valence-electron chi connectivity index (χ1n) is 7.64. The van der Waals surface area contributed by atoms with Gasteiger partial charge in [-0.05, 0) is 56.1 Å². The van der Waals surface area contributed by atoms with Crippen LogP contribution in [0.5, 0.6) is 5.75 Å². The molecule has 2 fully saturated rings. The van der Waals surface area contributed by atoms with Gasteiger partial charge in [-0.3, -0.25) is 0 Å². The molecular weight excluding hydrogens is 234 g/mol. The van der Waals surface area contributed by atoms with E-state index in [-0.39, 0.29) is 0 Å². The first kappa shape index (κ1) is 13.0. The highest BCUT2D eigenvalue weighted by Crippen LogP contribution is 2.44. The van der Waals surface area contributed by atoms with Gasteiger partial charge in [0.15, 0.2) is 0 Å². The van der Waals surface area contributed by atoms with Crippen molar-refractivity contribution in [1.29, 1.82) is 0 Å². The molecule has 0 aromatic heterocycles. The second kappa shape index (κ2) is 5.54. The first-order valence-corrected chi connectivity index (χ1v) is 7.64. The minimum atomic E-state index is 0.528. The van der Waals surface area contributed by atoms with Gasteiger partial charge in [0.05, 0.1) is 7.11 Å². The second-order valence-corrected chi connectivity index (χ2v) is 6.37.